The van der Waals surface area contributed by atoms with E-state index in [4.69, 9.17) is 5.84 Å². The zero-order valence-electron chi connectivity index (χ0n) is 10.8. The summed E-state index contributed by atoms with van der Waals surface area (Å²) in [5, 5.41) is 2.07. The molecule has 2 rings (SSSR count). The molecule has 0 spiro atoms. The summed E-state index contributed by atoms with van der Waals surface area (Å²) in [6.07, 6.45) is 1.38. The Morgan fingerprint density at radius 3 is 2.84 bits per heavy atom. The molecular weight excluding hydrogens is 300 g/mol. The first-order valence-corrected chi connectivity index (χ1v) is 9.71. The van der Waals surface area contributed by atoms with Crippen LogP contribution in [0.3, 0.4) is 0 Å². The molecular formula is C12H18N2O2S3. The number of hydrogen-bond donors (Lipinski definition) is 2. The van der Waals surface area contributed by atoms with Crippen molar-refractivity contribution in [2.24, 2.45) is 5.84 Å². The molecule has 0 amide bonds. The van der Waals surface area contributed by atoms with Gasteiger partial charge < -0.3 is 0 Å². The topological polar surface area (TPSA) is 72.2 Å². The molecule has 2 heterocycles. The molecule has 0 aromatic carbocycles. The number of nitrogens with two attached hydrogens (primary N) is 1. The summed E-state index contributed by atoms with van der Waals surface area (Å²) in [6, 6.07) is 4.28. The SMILES string of the molecule is CCS(=O)(=O)CCCC(NN)c1cc2sccc2s1. The summed E-state index contributed by atoms with van der Waals surface area (Å²) in [5.41, 5.74) is 2.79. The molecule has 2 aromatic rings. The van der Waals surface area contributed by atoms with Crippen LogP contribution in [0, 0.1) is 0 Å². The van der Waals surface area contributed by atoms with Gasteiger partial charge in [0.25, 0.3) is 0 Å². The minimum absolute atomic E-state index is 0.0386. The van der Waals surface area contributed by atoms with Crippen molar-refractivity contribution >= 4 is 41.9 Å². The van der Waals surface area contributed by atoms with Crippen LogP contribution in [-0.4, -0.2) is 19.9 Å². The highest BCUT2D eigenvalue weighted by Gasteiger charge is 2.15. The third-order valence-electron chi connectivity index (χ3n) is 3.09. The normalized spacial score (nSPS) is 14.0. The highest BCUT2D eigenvalue weighted by Crippen LogP contribution is 2.34. The van der Waals surface area contributed by atoms with E-state index in [0.29, 0.717) is 6.42 Å². The second-order valence-corrected chi connectivity index (χ2v) is 8.93. The van der Waals surface area contributed by atoms with Gasteiger partial charge in [0.1, 0.15) is 9.84 Å². The third-order valence-corrected chi connectivity index (χ3v) is 7.09. The van der Waals surface area contributed by atoms with Crippen LogP contribution in [-0.2, 0) is 9.84 Å². The van der Waals surface area contributed by atoms with Gasteiger partial charge in [-0.2, -0.15) is 0 Å². The van der Waals surface area contributed by atoms with Crippen LogP contribution in [0.15, 0.2) is 17.5 Å². The second kappa shape index (κ2) is 6.32. The number of fused-ring (bicyclic) bond motifs is 1. The van der Waals surface area contributed by atoms with Gasteiger partial charge in [0.2, 0.25) is 0 Å². The van der Waals surface area contributed by atoms with Crippen LogP contribution in [0.2, 0.25) is 0 Å². The summed E-state index contributed by atoms with van der Waals surface area (Å²) < 4.78 is 25.4. The van der Waals surface area contributed by atoms with Crippen molar-refractivity contribution < 1.29 is 8.42 Å². The molecule has 0 saturated carbocycles. The Morgan fingerprint density at radius 1 is 1.42 bits per heavy atom. The summed E-state index contributed by atoms with van der Waals surface area (Å²) in [6.45, 7) is 1.68. The van der Waals surface area contributed by atoms with Crippen molar-refractivity contribution in [1.82, 2.24) is 5.43 Å². The van der Waals surface area contributed by atoms with Gasteiger partial charge in [-0.1, -0.05) is 6.92 Å². The minimum atomic E-state index is -2.88. The van der Waals surface area contributed by atoms with E-state index in [-0.39, 0.29) is 17.5 Å². The van der Waals surface area contributed by atoms with E-state index >= 15 is 0 Å². The Morgan fingerprint density at radius 2 is 2.21 bits per heavy atom. The lowest BCUT2D eigenvalue weighted by Gasteiger charge is -2.13. The predicted octanol–water partition coefficient (Wildman–Crippen LogP) is 2.68. The van der Waals surface area contributed by atoms with Crippen molar-refractivity contribution in [3.05, 3.63) is 22.4 Å². The quantitative estimate of drug-likeness (QED) is 0.608. The van der Waals surface area contributed by atoms with Crippen molar-refractivity contribution in [3.8, 4) is 0 Å². The Bertz CT molecular complexity index is 602. The van der Waals surface area contributed by atoms with Crippen molar-refractivity contribution in [2.75, 3.05) is 11.5 Å². The second-order valence-electron chi connectivity index (χ2n) is 4.40. The monoisotopic (exact) mass is 318 g/mol. The molecule has 0 fully saturated rings. The van der Waals surface area contributed by atoms with Gasteiger partial charge >= 0.3 is 0 Å². The number of hydrogen-bond acceptors (Lipinski definition) is 6. The first-order valence-electron chi connectivity index (χ1n) is 6.19. The number of nitrogens with one attached hydrogen (secondary N) is 1. The minimum Gasteiger partial charge on any atom is -0.271 e. The molecule has 1 unspecified atom stereocenters. The predicted molar refractivity (Wildman–Crippen MR) is 83.3 cm³/mol. The lowest BCUT2D eigenvalue weighted by molar-refractivity contribution is 0.514. The fourth-order valence-corrected chi connectivity index (χ4v) is 5.03. The molecule has 19 heavy (non-hydrogen) atoms. The van der Waals surface area contributed by atoms with Gasteiger partial charge in [0.15, 0.2) is 0 Å². The summed E-state index contributed by atoms with van der Waals surface area (Å²) >= 11 is 3.43. The van der Waals surface area contributed by atoms with Crippen LogP contribution in [0.4, 0.5) is 0 Å². The van der Waals surface area contributed by atoms with Gasteiger partial charge in [-0.15, -0.1) is 22.7 Å². The van der Waals surface area contributed by atoms with Crippen LogP contribution in [0.5, 0.6) is 0 Å². The number of rotatable bonds is 7. The van der Waals surface area contributed by atoms with Crippen molar-refractivity contribution in [1.29, 1.82) is 0 Å². The van der Waals surface area contributed by atoms with Gasteiger partial charge in [-0.25, -0.2) is 8.42 Å². The van der Waals surface area contributed by atoms with E-state index in [1.165, 1.54) is 14.3 Å². The zero-order chi connectivity index (χ0) is 13.9. The summed E-state index contributed by atoms with van der Waals surface area (Å²) in [4.78, 5) is 1.18. The standard InChI is InChI=1S/C12H18N2O2S3/c1-2-19(15,16)7-3-4-9(14-13)11-8-12-10(18-11)5-6-17-12/h5-6,8-9,14H,2-4,7,13H2,1H3. The number of sulfone groups is 1. The Hall–Kier alpha value is -0.470. The first-order chi connectivity index (χ1) is 9.05. The summed E-state index contributed by atoms with van der Waals surface area (Å²) in [5.74, 6) is 6.04. The fraction of sp³-hybridized carbons (Fsp3) is 0.500. The lowest BCUT2D eigenvalue weighted by atomic mass is 10.1. The molecule has 0 saturated heterocycles. The fourth-order valence-electron chi connectivity index (χ4n) is 1.92. The molecule has 0 aliphatic heterocycles. The zero-order valence-corrected chi connectivity index (χ0v) is 13.2. The molecule has 0 aliphatic rings. The molecule has 106 valence electrons. The van der Waals surface area contributed by atoms with E-state index in [1.807, 2.05) is 0 Å². The number of hydrazine groups is 1. The highest BCUT2D eigenvalue weighted by molar-refractivity contribution is 7.91. The molecule has 1 atom stereocenters. The lowest BCUT2D eigenvalue weighted by Crippen LogP contribution is -2.27. The molecule has 0 bridgehead atoms. The van der Waals surface area contributed by atoms with Gasteiger partial charge in [-0.3, -0.25) is 11.3 Å². The van der Waals surface area contributed by atoms with E-state index in [2.05, 4.69) is 22.9 Å². The van der Waals surface area contributed by atoms with Crippen molar-refractivity contribution in [2.45, 2.75) is 25.8 Å². The van der Waals surface area contributed by atoms with E-state index in [1.54, 1.807) is 29.6 Å². The van der Waals surface area contributed by atoms with Gasteiger partial charge in [0, 0.05) is 20.0 Å². The molecule has 3 N–H and O–H groups in total. The molecule has 2 aromatic heterocycles. The molecule has 0 radical (unpaired) electrons. The largest absolute Gasteiger partial charge is 0.271 e. The van der Waals surface area contributed by atoms with Crippen LogP contribution < -0.4 is 11.3 Å². The maximum absolute atomic E-state index is 11.5. The smallest absolute Gasteiger partial charge is 0.150 e. The Balaban J connectivity index is 1.99. The Kier molecular flexibility index (Phi) is 4.97. The maximum Gasteiger partial charge on any atom is 0.150 e. The average molecular weight is 318 g/mol. The van der Waals surface area contributed by atoms with E-state index in [9.17, 15) is 8.42 Å². The van der Waals surface area contributed by atoms with Gasteiger partial charge in [-0.05, 0) is 30.4 Å². The van der Waals surface area contributed by atoms with Gasteiger partial charge in [0.05, 0.1) is 11.8 Å². The Labute approximate surface area is 121 Å². The maximum atomic E-state index is 11.5. The molecule has 0 aliphatic carbocycles. The summed E-state index contributed by atoms with van der Waals surface area (Å²) in [7, 11) is -2.88. The number of thiophene rings is 2. The molecule has 7 heteroatoms. The highest BCUT2D eigenvalue weighted by atomic mass is 32.2. The van der Waals surface area contributed by atoms with Crippen LogP contribution in [0.25, 0.3) is 9.40 Å². The van der Waals surface area contributed by atoms with Crippen LogP contribution in [0.1, 0.15) is 30.7 Å². The van der Waals surface area contributed by atoms with E-state index in [0.717, 1.165) is 6.42 Å². The molecule has 4 nitrogen and oxygen atoms in total. The third kappa shape index (κ3) is 3.76. The average Bonchev–Trinajstić information content (AvgIpc) is 2.95. The van der Waals surface area contributed by atoms with E-state index < -0.39 is 9.84 Å². The van der Waals surface area contributed by atoms with Crippen molar-refractivity contribution in [3.63, 3.8) is 0 Å². The van der Waals surface area contributed by atoms with Crippen LogP contribution >= 0.6 is 22.7 Å². The first kappa shape index (κ1) is 14.9.